The highest BCUT2D eigenvalue weighted by atomic mass is 16.5. The number of ether oxygens (including phenoxy) is 1. The second kappa shape index (κ2) is 7.17. The summed E-state index contributed by atoms with van der Waals surface area (Å²) >= 11 is 0. The Hall–Kier alpha value is -2.47. The fourth-order valence-corrected chi connectivity index (χ4v) is 5.21. The van der Waals surface area contributed by atoms with Gasteiger partial charge in [-0.2, -0.15) is 0 Å². The monoisotopic (exact) mass is 378 g/mol. The fraction of sp³-hybridized carbons (Fsp3) is 0.500. The summed E-state index contributed by atoms with van der Waals surface area (Å²) in [6.07, 6.45) is 6.16. The molecule has 0 aliphatic carbocycles. The maximum Gasteiger partial charge on any atom is 0.251 e. The molecule has 3 saturated heterocycles. The Morgan fingerprint density at radius 1 is 1.11 bits per heavy atom. The van der Waals surface area contributed by atoms with Crippen LogP contribution in [-0.4, -0.2) is 59.7 Å². The van der Waals surface area contributed by atoms with Gasteiger partial charge in [-0.05, 0) is 30.9 Å². The van der Waals surface area contributed by atoms with E-state index < -0.39 is 0 Å². The lowest BCUT2D eigenvalue weighted by atomic mass is 9.68. The molecule has 6 heteroatoms. The highest BCUT2D eigenvalue weighted by Crippen LogP contribution is 2.46. The van der Waals surface area contributed by atoms with E-state index in [0.29, 0.717) is 12.5 Å². The summed E-state index contributed by atoms with van der Waals surface area (Å²) in [5.74, 6) is 1.32. The predicted octanol–water partition coefficient (Wildman–Crippen LogP) is 2.26. The van der Waals surface area contributed by atoms with Crippen LogP contribution in [0, 0.1) is 5.92 Å². The molecule has 3 aliphatic rings. The van der Waals surface area contributed by atoms with Crippen molar-refractivity contribution in [1.29, 1.82) is 0 Å². The summed E-state index contributed by atoms with van der Waals surface area (Å²) in [6, 6.07) is 12.6. The minimum absolute atomic E-state index is 0.0355. The van der Waals surface area contributed by atoms with Gasteiger partial charge in [0.2, 0.25) is 5.95 Å². The largest absolute Gasteiger partial charge is 0.368 e. The highest BCUT2D eigenvalue weighted by molar-refractivity contribution is 5.81. The summed E-state index contributed by atoms with van der Waals surface area (Å²) in [5.41, 5.74) is 1.40. The lowest BCUT2D eigenvalue weighted by Crippen LogP contribution is -2.53. The molecular formula is C22H26N4O2. The topological polar surface area (TPSA) is 58.6 Å². The van der Waals surface area contributed by atoms with Crippen LogP contribution in [0.2, 0.25) is 0 Å². The van der Waals surface area contributed by atoms with Crippen LogP contribution in [0.5, 0.6) is 0 Å². The number of carbonyl (C=O) groups excluding carboxylic acids is 1. The van der Waals surface area contributed by atoms with E-state index in [1.807, 2.05) is 11.0 Å². The molecule has 6 nitrogen and oxygen atoms in total. The van der Waals surface area contributed by atoms with Crippen molar-refractivity contribution in [1.82, 2.24) is 14.9 Å². The Morgan fingerprint density at radius 3 is 2.68 bits per heavy atom. The Labute approximate surface area is 165 Å². The van der Waals surface area contributed by atoms with Gasteiger partial charge in [-0.25, -0.2) is 9.97 Å². The van der Waals surface area contributed by atoms with Gasteiger partial charge in [-0.15, -0.1) is 0 Å². The maximum absolute atomic E-state index is 12.9. The van der Waals surface area contributed by atoms with Crippen LogP contribution < -0.4 is 4.90 Å². The number of carbonyl (C=O) groups is 1. The summed E-state index contributed by atoms with van der Waals surface area (Å²) in [7, 11) is 0. The van der Waals surface area contributed by atoms with Crippen molar-refractivity contribution >= 4 is 11.9 Å². The molecule has 0 saturated carbocycles. The summed E-state index contributed by atoms with van der Waals surface area (Å²) < 4.78 is 5.66. The molecule has 4 heterocycles. The van der Waals surface area contributed by atoms with Gasteiger partial charge in [0.25, 0.3) is 5.91 Å². The smallest absolute Gasteiger partial charge is 0.251 e. The third kappa shape index (κ3) is 2.96. The quantitative estimate of drug-likeness (QED) is 0.820. The van der Waals surface area contributed by atoms with Gasteiger partial charge in [0.15, 0.2) is 0 Å². The molecule has 28 heavy (non-hydrogen) atoms. The van der Waals surface area contributed by atoms with E-state index in [-0.39, 0.29) is 17.4 Å². The second-order valence-electron chi connectivity index (χ2n) is 8.18. The molecule has 146 valence electrons. The molecule has 0 spiro atoms. The summed E-state index contributed by atoms with van der Waals surface area (Å²) in [4.78, 5) is 26.2. The first-order valence-electron chi connectivity index (χ1n) is 10.2. The van der Waals surface area contributed by atoms with E-state index in [1.54, 1.807) is 12.4 Å². The number of rotatable bonds is 3. The lowest BCUT2D eigenvalue weighted by molar-refractivity contribution is -0.143. The molecule has 0 radical (unpaired) electrons. The van der Waals surface area contributed by atoms with Crippen molar-refractivity contribution in [2.45, 2.75) is 30.8 Å². The van der Waals surface area contributed by atoms with E-state index >= 15 is 0 Å². The molecule has 3 fully saturated rings. The van der Waals surface area contributed by atoms with Crippen molar-refractivity contribution in [3.8, 4) is 0 Å². The average Bonchev–Trinajstić information content (AvgIpc) is 3.43. The van der Waals surface area contributed by atoms with Crippen LogP contribution >= 0.6 is 0 Å². The fourth-order valence-electron chi connectivity index (χ4n) is 5.21. The first kappa shape index (κ1) is 17.6. The van der Waals surface area contributed by atoms with E-state index in [2.05, 4.69) is 45.2 Å². The molecule has 3 aliphatic heterocycles. The Kier molecular flexibility index (Phi) is 4.51. The van der Waals surface area contributed by atoms with E-state index in [1.165, 1.54) is 5.56 Å². The summed E-state index contributed by atoms with van der Waals surface area (Å²) in [6.45, 7) is 4.03. The molecular weight excluding hydrogens is 352 g/mol. The normalized spacial score (nSPS) is 29.7. The SMILES string of the molecule is O=C([C@H]1CCCO1)N1CCC2(c3ccccc3)CN(c3ncccn3)CC2C1. The minimum atomic E-state index is -0.237. The number of fused-ring (bicyclic) bond motifs is 1. The van der Waals surface area contributed by atoms with Gasteiger partial charge in [-0.3, -0.25) is 4.79 Å². The predicted molar refractivity (Wildman–Crippen MR) is 106 cm³/mol. The number of likely N-dealkylation sites (tertiary alicyclic amines) is 1. The van der Waals surface area contributed by atoms with Crippen LogP contribution in [0.3, 0.4) is 0 Å². The van der Waals surface area contributed by atoms with E-state index in [9.17, 15) is 4.79 Å². The average molecular weight is 378 g/mol. The lowest BCUT2D eigenvalue weighted by Gasteiger charge is -2.44. The zero-order valence-electron chi connectivity index (χ0n) is 16.0. The number of hydrogen-bond donors (Lipinski definition) is 0. The molecule has 5 rings (SSSR count). The molecule has 2 aromatic rings. The third-order valence-corrected chi connectivity index (χ3v) is 6.66. The number of hydrogen-bond acceptors (Lipinski definition) is 5. The number of nitrogens with zero attached hydrogens (tertiary/aromatic N) is 4. The molecule has 3 atom stereocenters. The van der Waals surface area contributed by atoms with Crippen molar-refractivity contribution < 1.29 is 9.53 Å². The van der Waals surface area contributed by atoms with Crippen LogP contribution in [0.15, 0.2) is 48.8 Å². The Morgan fingerprint density at radius 2 is 1.93 bits per heavy atom. The Bertz CT molecular complexity index is 825. The first-order chi connectivity index (χ1) is 13.8. The minimum Gasteiger partial charge on any atom is -0.368 e. The number of aromatic nitrogens is 2. The van der Waals surface area contributed by atoms with Gasteiger partial charge < -0.3 is 14.5 Å². The first-order valence-corrected chi connectivity index (χ1v) is 10.2. The van der Waals surface area contributed by atoms with Crippen molar-refractivity contribution in [2.75, 3.05) is 37.7 Å². The van der Waals surface area contributed by atoms with Gasteiger partial charge in [-0.1, -0.05) is 30.3 Å². The van der Waals surface area contributed by atoms with Gasteiger partial charge in [0, 0.05) is 56.5 Å². The van der Waals surface area contributed by atoms with Crippen LogP contribution in [0.25, 0.3) is 0 Å². The molecule has 2 unspecified atom stereocenters. The molecule has 1 aromatic heterocycles. The van der Waals surface area contributed by atoms with Crippen molar-refractivity contribution in [2.24, 2.45) is 5.92 Å². The van der Waals surface area contributed by atoms with Crippen molar-refractivity contribution in [3.63, 3.8) is 0 Å². The third-order valence-electron chi connectivity index (χ3n) is 6.66. The molecule has 1 amide bonds. The van der Waals surface area contributed by atoms with Gasteiger partial charge >= 0.3 is 0 Å². The number of anilines is 1. The van der Waals surface area contributed by atoms with Crippen molar-refractivity contribution in [3.05, 3.63) is 54.4 Å². The van der Waals surface area contributed by atoms with Crippen LogP contribution in [-0.2, 0) is 14.9 Å². The maximum atomic E-state index is 12.9. The Balaban J connectivity index is 1.43. The number of amides is 1. The van der Waals surface area contributed by atoms with E-state index in [0.717, 1.165) is 51.4 Å². The van der Waals surface area contributed by atoms with Crippen LogP contribution in [0.1, 0.15) is 24.8 Å². The van der Waals surface area contributed by atoms with Gasteiger partial charge in [0.05, 0.1) is 0 Å². The zero-order chi connectivity index (χ0) is 19.0. The molecule has 0 N–H and O–H groups in total. The van der Waals surface area contributed by atoms with E-state index in [4.69, 9.17) is 4.74 Å². The zero-order valence-corrected chi connectivity index (χ0v) is 16.0. The van der Waals surface area contributed by atoms with Gasteiger partial charge in [0.1, 0.15) is 6.10 Å². The summed E-state index contributed by atoms with van der Waals surface area (Å²) in [5, 5.41) is 0. The van der Waals surface area contributed by atoms with Crippen LogP contribution in [0.4, 0.5) is 5.95 Å². The second-order valence-corrected chi connectivity index (χ2v) is 8.18. The number of benzene rings is 1. The standard InChI is InChI=1S/C22H26N4O2/c27-20(19-8-4-13-28-19)25-12-9-22(17-6-2-1-3-7-17)16-26(15-18(22)14-25)21-23-10-5-11-24-21/h1-3,5-7,10-11,18-19H,4,8-9,12-16H2/t18?,19-,22?/m1/s1. The number of piperidine rings is 1. The molecule has 0 bridgehead atoms. The molecule has 1 aromatic carbocycles. The highest BCUT2D eigenvalue weighted by Gasteiger charge is 2.52.